The van der Waals surface area contributed by atoms with E-state index in [2.05, 4.69) is 75.6 Å². The molecule has 12 aromatic heterocycles. The van der Waals surface area contributed by atoms with Crippen molar-refractivity contribution >= 4 is 40.7 Å². The zero-order valence-electron chi connectivity index (χ0n) is 55.4. The highest BCUT2D eigenvalue weighted by Gasteiger charge is 2.31. The van der Waals surface area contributed by atoms with Crippen LogP contribution >= 0.6 is 11.6 Å². The summed E-state index contributed by atoms with van der Waals surface area (Å²) in [5.74, 6) is 2.35. The number of hydrogen-bond acceptors (Lipinski definition) is 20. The van der Waals surface area contributed by atoms with Gasteiger partial charge in [-0.15, -0.1) is 0 Å². The Labute approximate surface area is 571 Å². The molecule has 2 amide bonds. The summed E-state index contributed by atoms with van der Waals surface area (Å²) in [5.41, 5.74) is 5.05. The lowest BCUT2D eigenvalue weighted by molar-refractivity contribution is 0.0156. The monoisotopic (exact) mass is 1370 g/mol. The van der Waals surface area contributed by atoms with E-state index in [4.69, 9.17) is 31.0 Å². The third kappa shape index (κ3) is 17.9. The molecule has 15 rings (SSSR count). The van der Waals surface area contributed by atoms with Gasteiger partial charge in [0, 0.05) is 74.0 Å². The molecule has 99 heavy (non-hydrogen) atoms. The summed E-state index contributed by atoms with van der Waals surface area (Å²) >= 11 is 6.28. The Morgan fingerprint density at radius 3 is 1.36 bits per heavy atom. The van der Waals surface area contributed by atoms with E-state index in [1.165, 1.54) is 74.9 Å². The van der Waals surface area contributed by atoms with Crippen molar-refractivity contribution in [2.75, 3.05) is 39.3 Å². The van der Waals surface area contributed by atoms with Crippen molar-refractivity contribution in [2.24, 2.45) is 17.8 Å². The second-order valence-electron chi connectivity index (χ2n) is 26.3. The van der Waals surface area contributed by atoms with Gasteiger partial charge in [-0.3, -0.25) is 18.3 Å². The Balaban J connectivity index is 0.000000137. The molecule has 28 nitrogen and oxygen atoms in total. The maximum absolute atomic E-state index is 14.0. The minimum atomic E-state index is -0.536. The molecule has 0 saturated carbocycles. The molecule has 514 valence electrons. The van der Waals surface area contributed by atoms with E-state index in [-0.39, 0.29) is 41.5 Å². The van der Waals surface area contributed by atoms with Gasteiger partial charge in [0.05, 0.1) is 18.6 Å². The largest absolute Gasteiger partial charge is 0.444 e. The number of rotatable bonds is 11. The number of pyridine rings is 3. The second kappa shape index (κ2) is 30.4. The van der Waals surface area contributed by atoms with Crippen LogP contribution in [0.15, 0.2) is 130 Å². The van der Waals surface area contributed by atoms with Gasteiger partial charge in [-0.2, -0.15) is 15.3 Å². The topological polar surface area (TPSA) is 303 Å². The molecule has 0 unspecified atom stereocenters. The third-order valence-corrected chi connectivity index (χ3v) is 16.4. The first-order valence-electron chi connectivity index (χ1n) is 32.5. The molecule has 2 N–H and O–H groups in total. The van der Waals surface area contributed by atoms with E-state index in [0.29, 0.717) is 113 Å². The fraction of sp³-hybridized carbons (Fsp3) is 0.388. The van der Waals surface area contributed by atoms with Crippen molar-refractivity contribution in [3.63, 3.8) is 0 Å². The van der Waals surface area contributed by atoms with E-state index in [9.17, 15) is 22.8 Å². The number of carbonyl (C=O) groups is 2. The summed E-state index contributed by atoms with van der Waals surface area (Å²) in [4.78, 5) is 81.0. The van der Waals surface area contributed by atoms with Crippen LogP contribution in [0.4, 0.5) is 22.8 Å². The van der Waals surface area contributed by atoms with Gasteiger partial charge in [-0.25, -0.2) is 91.9 Å². The number of piperidine rings is 3. The average Bonchev–Trinajstić information content (AvgIpc) is 1.71. The van der Waals surface area contributed by atoms with Crippen LogP contribution in [0.25, 0.3) is 63.1 Å². The average molecular weight is 1370 g/mol. The number of hydrogen-bond donors (Lipinski definition) is 2. The fourth-order valence-corrected chi connectivity index (χ4v) is 12.1. The van der Waals surface area contributed by atoms with E-state index in [0.717, 1.165) is 62.3 Å². The normalized spacial score (nSPS) is 16.5. The van der Waals surface area contributed by atoms with Gasteiger partial charge in [-0.05, 0) is 173 Å². The molecule has 0 radical (unpaired) electrons. The third-order valence-electron chi connectivity index (χ3n) is 16.2. The number of H-pyrrole nitrogens is 1. The van der Waals surface area contributed by atoms with Gasteiger partial charge < -0.3 is 24.6 Å². The van der Waals surface area contributed by atoms with Crippen LogP contribution in [-0.4, -0.2) is 175 Å². The summed E-state index contributed by atoms with van der Waals surface area (Å²) in [6, 6.07) is 14.5. The van der Waals surface area contributed by atoms with Gasteiger partial charge in [0.15, 0.2) is 29.1 Å². The van der Waals surface area contributed by atoms with Gasteiger partial charge in [-0.1, -0.05) is 11.6 Å². The molecule has 3 saturated heterocycles. The number of fused-ring (bicyclic) bond motifs is 3. The van der Waals surface area contributed by atoms with Crippen LogP contribution in [0.2, 0.25) is 5.15 Å². The van der Waals surface area contributed by atoms with Gasteiger partial charge >= 0.3 is 12.2 Å². The van der Waals surface area contributed by atoms with E-state index < -0.39 is 11.2 Å². The van der Waals surface area contributed by atoms with Crippen molar-refractivity contribution in [2.45, 2.75) is 111 Å². The number of carbonyl (C=O) groups excluding carboxylic acids is 2. The molecule has 0 bridgehead atoms. The molecule has 12 aromatic rings. The second-order valence-corrected chi connectivity index (χ2v) is 26.7. The molecule has 15 heterocycles. The lowest BCUT2D eigenvalue weighted by Crippen LogP contribution is -2.43. The minimum absolute atomic E-state index is 0.210. The number of nitrogens with zero attached hydrogens (tertiary/aromatic N) is 22. The number of aromatic amines is 1. The molecular weight excluding hydrogens is 1300 g/mol. The number of imidazole rings is 3. The Bertz CT molecular complexity index is 4660. The highest BCUT2D eigenvalue weighted by molar-refractivity contribution is 6.29. The maximum atomic E-state index is 14.0. The number of nitrogens with one attached hydrogen (secondary N) is 2. The van der Waals surface area contributed by atoms with Crippen molar-refractivity contribution in [1.82, 2.24) is 118 Å². The van der Waals surface area contributed by atoms with Crippen molar-refractivity contribution in [1.29, 1.82) is 0 Å². The lowest BCUT2D eigenvalue weighted by Gasteiger charge is -2.34. The molecule has 0 aliphatic carbocycles. The lowest BCUT2D eigenvalue weighted by atomic mass is 9.93. The van der Waals surface area contributed by atoms with Crippen molar-refractivity contribution in [3.05, 3.63) is 169 Å². The summed E-state index contributed by atoms with van der Waals surface area (Å²) in [6.45, 7) is 15.8. The summed E-state index contributed by atoms with van der Waals surface area (Å²) < 4.78 is 60.6. The maximum Gasteiger partial charge on any atom is 0.410 e. The highest BCUT2D eigenvalue weighted by Crippen LogP contribution is 2.29. The predicted molar refractivity (Wildman–Crippen MR) is 358 cm³/mol. The highest BCUT2D eigenvalue weighted by atomic mass is 35.5. The van der Waals surface area contributed by atoms with Crippen molar-refractivity contribution in [3.8, 4) is 46.2 Å². The first-order valence-corrected chi connectivity index (χ1v) is 32.9. The number of likely N-dealkylation sites (tertiary alicyclic amines) is 2. The number of halogens is 4. The van der Waals surface area contributed by atoms with Gasteiger partial charge in [0.25, 0.3) is 0 Å². The molecule has 3 aliphatic heterocycles. The quantitative estimate of drug-likeness (QED) is 0.114. The molecule has 3 aliphatic rings. The zero-order chi connectivity index (χ0) is 69.2. The Kier molecular flexibility index (Phi) is 20.9. The Morgan fingerprint density at radius 1 is 0.545 bits per heavy atom. The SMILES string of the molecule is CC(C)(C)OC(=O)N1CCC[C@@H](Cc2cc(-n3cncn3)nc(-c3cnc4ccc(F)cn34)n2)C1.CC(C)(C)OC(=O)N1CCC[C@@H](Cc2cc(Cl)nc(-c3cnc4ccc(F)cn34)n2)C1.Fc1ccc2ncc(-c3nc(C[C@@H]4CCCNC4)cc(-n4cncn4)n3)n2c1.c1nc[nH]n1. The first kappa shape index (κ1) is 68.3. The van der Waals surface area contributed by atoms with Crippen LogP contribution in [0.1, 0.15) is 97.1 Å². The van der Waals surface area contributed by atoms with E-state index in [1.807, 2.05) is 53.7 Å². The summed E-state index contributed by atoms with van der Waals surface area (Å²) in [6.07, 6.45) is 25.7. The Hall–Kier alpha value is -10.7. The number of amides is 2. The zero-order valence-corrected chi connectivity index (χ0v) is 56.2. The molecule has 3 atom stereocenters. The van der Waals surface area contributed by atoms with Crippen LogP contribution in [0, 0.1) is 35.2 Å². The predicted octanol–water partition coefficient (Wildman–Crippen LogP) is 10.3. The molecular formula is C67H74ClF3N24O4. The molecule has 32 heteroatoms. The van der Waals surface area contributed by atoms with Crippen LogP contribution in [0.3, 0.4) is 0 Å². The summed E-state index contributed by atoms with van der Waals surface area (Å²) in [5, 5.41) is 18.1. The first-order chi connectivity index (χ1) is 47.7. The Morgan fingerprint density at radius 2 is 0.980 bits per heavy atom. The fourth-order valence-electron chi connectivity index (χ4n) is 11.9. The van der Waals surface area contributed by atoms with Crippen molar-refractivity contribution < 1.29 is 32.2 Å². The smallest absolute Gasteiger partial charge is 0.410 e. The van der Waals surface area contributed by atoms with E-state index >= 15 is 0 Å². The molecule has 0 aromatic carbocycles. The number of aromatic nitrogens is 21. The van der Waals surface area contributed by atoms with Gasteiger partial charge in [0.1, 0.15) is 106 Å². The molecule has 0 spiro atoms. The van der Waals surface area contributed by atoms with Crippen LogP contribution < -0.4 is 5.32 Å². The minimum Gasteiger partial charge on any atom is -0.444 e. The van der Waals surface area contributed by atoms with Crippen LogP contribution in [0.5, 0.6) is 0 Å². The summed E-state index contributed by atoms with van der Waals surface area (Å²) in [7, 11) is 0. The standard InChI is InChI=1S/C24H27FN8O2.C22H25ClFN5O2.C19H19FN8.C2H3N3/c1-24(2,3)35-23(34)31-8-4-5-16(12-31)9-18-10-21(33-15-26-14-28-33)30-22(29-18)19-11-27-20-7-6-17(25)13-32(19)20;1-22(2,3)31-21(30)28-8-4-5-14(12-28)9-16-10-18(23)27-20(26-16)17-11-25-19-7-6-15(24)13-29(17)19;20-14-3-4-17-23-9-16(27(17)10-14)19-25-15(6-13-2-1-5-21-8-13)7-18(26-19)28-12-22-11-24-28;1-3-2-5-4-1/h6-7,10-11,13-16H,4-5,8-9,12H2,1-3H3;6-7,10-11,13-14H,4-5,8-9,12H2,1-3H3;3-4,7,9-13,21H,1-2,5-6,8H2;1-2H,(H,3,4,5)/t16-;14-;13-;/m000./s1. The number of ether oxygens (including phenoxy) is 2. The van der Waals surface area contributed by atoms with E-state index in [1.54, 1.807) is 87.9 Å². The van der Waals surface area contributed by atoms with Crippen LogP contribution in [-0.2, 0) is 28.7 Å². The molecule has 3 fully saturated rings. The van der Waals surface area contributed by atoms with Gasteiger partial charge in [0.2, 0.25) is 0 Å².